The van der Waals surface area contributed by atoms with Crippen molar-refractivity contribution in [1.29, 1.82) is 0 Å². The Morgan fingerprint density at radius 1 is 0.131 bits per heavy atom. The van der Waals surface area contributed by atoms with Crippen molar-refractivity contribution in [2.45, 2.75) is 362 Å². The Hall–Kier alpha value is 0.430. The van der Waals surface area contributed by atoms with Crippen LogP contribution in [-0.2, 0) is 0 Å². The molecular weight excluding hydrogens is 752 g/mol. The number of hydrogen-bond acceptors (Lipinski definition) is 0. The van der Waals surface area contributed by atoms with Gasteiger partial charge in [-0.3, -0.25) is 0 Å². The van der Waals surface area contributed by atoms with Gasteiger partial charge >= 0.3 is 0 Å². The van der Waals surface area contributed by atoms with Crippen LogP contribution in [0.25, 0.3) is 0 Å². The molecule has 0 spiro atoms. The highest BCUT2D eigenvalue weighted by Crippen LogP contribution is 2.61. The Morgan fingerprint density at radius 3 is 0.344 bits per heavy atom. The monoisotopic (exact) mass is 876 g/mol. The molecule has 0 saturated carbocycles. The summed E-state index contributed by atoms with van der Waals surface area (Å²) < 4.78 is 0. The summed E-state index contributed by atoms with van der Waals surface area (Å²) in [4.78, 5) is 0. The summed E-state index contributed by atoms with van der Waals surface area (Å²) in [6.45, 7) is 9.35. The standard InChI is InChI=1S/C60H124P/c1-5-9-13-17-21-25-29-32-35-38-42-46-50-54-58-61(57-53-49-45-41-28-24-20-16-12-8-4,59-55-51-47-43-39-36-33-30-26-22-18-14-10-6-2)60-56-52-48-44-40-37-34-31-27-23-19-15-11-7-3/h5-60H2,1-4H3/q+1. The van der Waals surface area contributed by atoms with Crippen LogP contribution in [0.4, 0.5) is 0 Å². The maximum Gasteiger partial charge on any atom is 0.0594 e. The first kappa shape index (κ1) is 61.4. The molecule has 0 amide bonds. The smallest absolute Gasteiger partial charge is 0.0594 e. The SMILES string of the molecule is CCCCCCCCCCCCCCCC[P+](CCCCCCCCCCCC)(CCCCCCCCCCCCCCCC)CCCCCCCCCCCCCCCC. The van der Waals surface area contributed by atoms with E-state index in [0.29, 0.717) is 0 Å². The molecule has 0 aromatic carbocycles. The first-order chi connectivity index (χ1) is 30.2. The normalized spacial score (nSPS) is 12.0. The second-order valence-electron chi connectivity index (χ2n) is 21.2. The van der Waals surface area contributed by atoms with E-state index < -0.39 is 7.26 Å². The summed E-state index contributed by atoms with van der Waals surface area (Å²) in [6.07, 6.45) is 84.3. The molecule has 0 aliphatic rings. The Bertz CT molecular complexity index is 665. The average Bonchev–Trinajstić information content (AvgIpc) is 3.27. The van der Waals surface area contributed by atoms with Gasteiger partial charge in [0.15, 0.2) is 0 Å². The summed E-state index contributed by atoms with van der Waals surface area (Å²) >= 11 is 0. The van der Waals surface area contributed by atoms with Crippen molar-refractivity contribution >= 4 is 7.26 Å². The van der Waals surface area contributed by atoms with Crippen molar-refractivity contribution in [3.8, 4) is 0 Å². The van der Waals surface area contributed by atoms with Gasteiger partial charge in [0, 0.05) is 7.26 Å². The van der Waals surface area contributed by atoms with Crippen molar-refractivity contribution in [1.82, 2.24) is 0 Å². The fraction of sp³-hybridized carbons (Fsp3) is 1.00. The third-order valence-electron chi connectivity index (χ3n) is 14.9. The lowest BCUT2D eigenvalue weighted by Crippen LogP contribution is -2.13. The van der Waals surface area contributed by atoms with E-state index in [-0.39, 0.29) is 0 Å². The van der Waals surface area contributed by atoms with Crippen LogP contribution >= 0.6 is 7.26 Å². The van der Waals surface area contributed by atoms with E-state index in [1.807, 2.05) is 0 Å². The number of hydrogen-bond donors (Lipinski definition) is 0. The fourth-order valence-corrected chi connectivity index (χ4v) is 15.5. The van der Waals surface area contributed by atoms with Crippen molar-refractivity contribution in [3.63, 3.8) is 0 Å². The van der Waals surface area contributed by atoms with Crippen LogP contribution in [0, 0.1) is 0 Å². The second-order valence-corrected chi connectivity index (χ2v) is 25.7. The summed E-state index contributed by atoms with van der Waals surface area (Å²) in [5, 5.41) is 0. The van der Waals surface area contributed by atoms with Crippen LogP contribution in [0.3, 0.4) is 0 Å². The van der Waals surface area contributed by atoms with Gasteiger partial charge in [-0.05, 0) is 51.4 Å². The summed E-state index contributed by atoms with van der Waals surface area (Å²) in [6, 6.07) is 0. The molecule has 0 atom stereocenters. The van der Waals surface area contributed by atoms with E-state index in [2.05, 4.69) is 27.7 Å². The zero-order valence-corrected chi connectivity index (χ0v) is 44.9. The zero-order valence-electron chi connectivity index (χ0n) is 44.0. The minimum atomic E-state index is -0.824. The van der Waals surface area contributed by atoms with Gasteiger partial charge in [-0.15, -0.1) is 0 Å². The van der Waals surface area contributed by atoms with Crippen molar-refractivity contribution in [3.05, 3.63) is 0 Å². The van der Waals surface area contributed by atoms with E-state index in [0.717, 1.165) is 0 Å². The molecule has 1 heteroatoms. The van der Waals surface area contributed by atoms with Gasteiger partial charge in [0.05, 0.1) is 24.6 Å². The highest BCUT2D eigenvalue weighted by Gasteiger charge is 2.35. The summed E-state index contributed by atoms with van der Waals surface area (Å²) in [7, 11) is -0.824. The molecule has 0 bridgehead atoms. The average molecular weight is 877 g/mol. The van der Waals surface area contributed by atoms with Crippen molar-refractivity contribution in [2.75, 3.05) is 24.6 Å². The molecule has 0 aromatic heterocycles. The second kappa shape index (κ2) is 54.8. The summed E-state index contributed by atoms with van der Waals surface area (Å²) in [5.41, 5.74) is 0. The number of unbranched alkanes of at least 4 members (excludes halogenated alkanes) is 48. The quantitative estimate of drug-likeness (QED) is 0.0422. The predicted molar refractivity (Wildman–Crippen MR) is 289 cm³/mol. The van der Waals surface area contributed by atoms with E-state index >= 15 is 0 Å². The first-order valence-corrected chi connectivity index (χ1v) is 32.6. The Labute approximate surface area is 391 Å². The van der Waals surface area contributed by atoms with E-state index in [9.17, 15) is 0 Å². The van der Waals surface area contributed by atoms with Gasteiger partial charge in [-0.25, -0.2) is 0 Å². The predicted octanol–water partition coefficient (Wildman–Crippen LogP) is 23.4. The fourth-order valence-electron chi connectivity index (χ4n) is 10.5. The molecule has 368 valence electrons. The van der Waals surface area contributed by atoms with Crippen molar-refractivity contribution in [2.24, 2.45) is 0 Å². The van der Waals surface area contributed by atoms with E-state index in [4.69, 9.17) is 0 Å². The molecule has 0 fully saturated rings. The Morgan fingerprint density at radius 2 is 0.230 bits per heavy atom. The molecule has 0 aliphatic heterocycles. The summed E-state index contributed by atoms with van der Waals surface area (Å²) in [5.74, 6) is 0. The molecule has 0 rings (SSSR count). The van der Waals surface area contributed by atoms with E-state index in [1.54, 1.807) is 50.3 Å². The van der Waals surface area contributed by atoms with Crippen LogP contribution in [0.2, 0.25) is 0 Å². The molecule has 0 saturated heterocycles. The van der Waals surface area contributed by atoms with Crippen LogP contribution in [-0.4, -0.2) is 24.6 Å². The van der Waals surface area contributed by atoms with Gasteiger partial charge in [0.25, 0.3) is 0 Å². The molecule has 0 unspecified atom stereocenters. The highest BCUT2D eigenvalue weighted by molar-refractivity contribution is 7.75. The third-order valence-corrected chi connectivity index (χ3v) is 20.0. The van der Waals surface area contributed by atoms with Gasteiger partial charge in [0.1, 0.15) is 0 Å². The minimum Gasteiger partial charge on any atom is -0.0654 e. The lowest BCUT2D eigenvalue weighted by molar-refractivity contribution is 0.536. The van der Waals surface area contributed by atoms with Gasteiger partial charge < -0.3 is 0 Å². The topological polar surface area (TPSA) is 0 Å². The first-order valence-electron chi connectivity index (χ1n) is 30.1. The van der Waals surface area contributed by atoms with Crippen LogP contribution in [0.1, 0.15) is 362 Å². The maximum absolute atomic E-state index is 2.35. The highest BCUT2D eigenvalue weighted by atomic mass is 31.2. The van der Waals surface area contributed by atoms with Crippen LogP contribution in [0.15, 0.2) is 0 Å². The van der Waals surface area contributed by atoms with E-state index in [1.165, 1.54) is 308 Å². The van der Waals surface area contributed by atoms with Crippen LogP contribution in [0.5, 0.6) is 0 Å². The lowest BCUT2D eigenvalue weighted by Gasteiger charge is -2.28. The molecule has 61 heavy (non-hydrogen) atoms. The van der Waals surface area contributed by atoms with Gasteiger partial charge in [-0.1, -0.05) is 310 Å². The molecule has 0 nitrogen and oxygen atoms in total. The van der Waals surface area contributed by atoms with Crippen molar-refractivity contribution < 1.29 is 0 Å². The van der Waals surface area contributed by atoms with Crippen LogP contribution < -0.4 is 0 Å². The Kier molecular flexibility index (Phi) is 55.1. The lowest BCUT2D eigenvalue weighted by atomic mass is 10.0. The molecule has 0 aliphatic carbocycles. The zero-order chi connectivity index (χ0) is 44.1. The molecule has 0 aromatic rings. The molecule has 0 N–H and O–H groups in total. The molecular formula is C60H124P+. The molecule has 0 heterocycles. The third kappa shape index (κ3) is 49.7. The van der Waals surface area contributed by atoms with Gasteiger partial charge in [-0.2, -0.15) is 0 Å². The van der Waals surface area contributed by atoms with Gasteiger partial charge in [0.2, 0.25) is 0 Å². The largest absolute Gasteiger partial charge is 0.0654 e. The Balaban J connectivity index is 4.88. The molecule has 0 radical (unpaired) electrons. The minimum absolute atomic E-state index is 0.824. The maximum atomic E-state index is 2.35. The number of rotatable bonds is 56.